The number of hydrogen-bond acceptors (Lipinski definition) is 4. The van der Waals surface area contributed by atoms with Crippen LogP contribution in [-0.4, -0.2) is 21.1 Å². The lowest BCUT2D eigenvalue weighted by molar-refractivity contribution is -0.385. The quantitative estimate of drug-likeness (QED) is 0.551. The highest BCUT2D eigenvalue weighted by atomic mass is 19.1. The first kappa shape index (κ1) is 9.90. The molecular weight excluding hydrogens is 197 g/mol. The fourth-order valence-electron chi connectivity index (χ4n) is 0.861. The third-order valence-electron chi connectivity index (χ3n) is 1.49. The lowest BCUT2D eigenvalue weighted by atomic mass is 10.2. The summed E-state index contributed by atoms with van der Waals surface area (Å²) >= 11 is 0. The second-order valence-electron chi connectivity index (χ2n) is 2.38. The van der Waals surface area contributed by atoms with Crippen LogP contribution in [0.25, 0.3) is 0 Å². The Labute approximate surface area is 76.4 Å². The summed E-state index contributed by atoms with van der Waals surface area (Å²) in [4.78, 5) is 19.6. The van der Waals surface area contributed by atoms with Crippen molar-refractivity contribution in [2.75, 3.05) is 0 Å². The predicted molar refractivity (Wildman–Crippen MR) is 41.7 cm³/mol. The molecule has 2 N–H and O–H groups in total. The number of nitrogens with zero attached hydrogens (tertiary/aromatic N) is 1. The largest absolute Gasteiger partial charge is 0.502 e. The summed E-state index contributed by atoms with van der Waals surface area (Å²) in [6, 6.07) is 0.856. The molecule has 0 saturated heterocycles. The summed E-state index contributed by atoms with van der Waals surface area (Å²) in [6.45, 7) is 0. The Bertz CT molecular complexity index is 382. The molecule has 0 fully saturated rings. The number of phenols is 1. The van der Waals surface area contributed by atoms with Crippen LogP contribution in [0.15, 0.2) is 12.1 Å². The third kappa shape index (κ3) is 1.60. The SMILES string of the molecule is O=C(O)c1cc([N+](=O)[O-])c(O)cc1F. The normalized spacial score (nSPS) is 9.79. The van der Waals surface area contributed by atoms with Gasteiger partial charge >= 0.3 is 11.7 Å². The Morgan fingerprint density at radius 1 is 1.50 bits per heavy atom. The second-order valence-corrected chi connectivity index (χ2v) is 2.38. The summed E-state index contributed by atoms with van der Waals surface area (Å²) in [6.07, 6.45) is 0. The lowest BCUT2D eigenvalue weighted by Gasteiger charge is -1.99. The molecule has 0 aliphatic rings. The molecule has 0 aliphatic carbocycles. The highest BCUT2D eigenvalue weighted by molar-refractivity contribution is 5.89. The van der Waals surface area contributed by atoms with E-state index >= 15 is 0 Å². The highest BCUT2D eigenvalue weighted by Crippen LogP contribution is 2.28. The molecule has 0 saturated carbocycles. The summed E-state index contributed by atoms with van der Waals surface area (Å²) < 4.78 is 12.8. The standard InChI is InChI=1S/C7H4FNO5/c8-4-2-6(10)5(9(13)14)1-3(4)7(11)12/h1-2,10H,(H,11,12). The molecular formula is C7H4FNO5. The molecule has 0 spiro atoms. The first-order valence-electron chi connectivity index (χ1n) is 3.33. The number of benzene rings is 1. The number of rotatable bonds is 2. The maximum atomic E-state index is 12.8. The second kappa shape index (κ2) is 3.29. The zero-order chi connectivity index (χ0) is 10.9. The first-order chi connectivity index (χ1) is 6.43. The number of nitro benzene ring substituents is 1. The minimum atomic E-state index is -1.63. The van der Waals surface area contributed by atoms with E-state index in [2.05, 4.69) is 0 Å². The molecule has 0 radical (unpaired) electrons. The van der Waals surface area contributed by atoms with Gasteiger partial charge in [-0.15, -0.1) is 0 Å². The third-order valence-corrected chi connectivity index (χ3v) is 1.49. The van der Waals surface area contributed by atoms with Gasteiger partial charge in [0, 0.05) is 12.1 Å². The average molecular weight is 201 g/mol. The number of aromatic hydroxyl groups is 1. The van der Waals surface area contributed by atoms with Gasteiger partial charge in [-0.3, -0.25) is 10.1 Å². The van der Waals surface area contributed by atoms with Crippen LogP contribution < -0.4 is 0 Å². The zero-order valence-electron chi connectivity index (χ0n) is 6.60. The van der Waals surface area contributed by atoms with Gasteiger partial charge in [0.25, 0.3) is 0 Å². The molecule has 1 aromatic rings. The minimum Gasteiger partial charge on any atom is -0.502 e. The Kier molecular flexibility index (Phi) is 2.32. The van der Waals surface area contributed by atoms with Crippen LogP contribution in [0.4, 0.5) is 10.1 Å². The molecule has 1 aromatic carbocycles. The van der Waals surface area contributed by atoms with Crippen molar-refractivity contribution in [2.45, 2.75) is 0 Å². The molecule has 0 bridgehead atoms. The van der Waals surface area contributed by atoms with Crippen LogP contribution in [-0.2, 0) is 0 Å². The summed E-state index contributed by atoms with van der Waals surface area (Å²) in [7, 11) is 0. The molecule has 0 unspecified atom stereocenters. The highest BCUT2D eigenvalue weighted by Gasteiger charge is 2.21. The van der Waals surface area contributed by atoms with Crippen LogP contribution in [0.1, 0.15) is 10.4 Å². The van der Waals surface area contributed by atoms with E-state index in [1.807, 2.05) is 0 Å². The Morgan fingerprint density at radius 3 is 2.50 bits per heavy atom. The number of carboxylic acid groups (broad SMARTS) is 1. The van der Waals surface area contributed by atoms with Gasteiger partial charge in [-0.2, -0.15) is 0 Å². The van der Waals surface area contributed by atoms with Gasteiger partial charge in [-0.05, 0) is 0 Å². The van der Waals surface area contributed by atoms with E-state index in [9.17, 15) is 19.3 Å². The molecule has 0 heterocycles. The van der Waals surface area contributed by atoms with Crippen molar-refractivity contribution < 1.29 is 24.3 Å². The van der Waals surface area contributed by atoms with E-state index in [1.54, 1.807) is 0 Å². The van der Waals surface area contributed by atoms with E-state index < -0.39 is 33.7 Å². The van der Waals surface area contributed by atoms with Crippen molar-refractivity contribution in [3.05, 3.63) is 33.6 Å². The Hall–Kier alpha value is -2.18. The van der Waals surface area contributed by atoms with Gasteiger partial charge in [0.05, 0.1) is 4.92 Å². The van der Waals surface area contributed by atoms with Crippen molar-refractivity contribution in [3.63, 3.8) is 0 Å². The van der Waals surface area contributed by atoms with Crippen LogP contribution in [0.2, 0.25) is 0 Å². The Morgan fingerprint density at radius 2 is 2.07 bits per heavy atom. The van der Waals surface area contributed by atoms with Crippen LogP contribution >= 0.6 is 0 Å². The summed E-state index contributed by atoms with van der Waals surface area (Å²) in [5.74, 6) is -3.76. The van der Waals surface area contributed by atoms with Gasteiger partial charge in [-0.1, -0.05) is 0 Å². The first-order valence-corrected chi connectivity index (χ1v) is 3.33. The van der Waals surface area contributed by atoms with Crippen molar-refractivity contribution in [1.29, 1.82) is 0 Å². The number of phenolic OH excluding ortho intramolecular Hbond substituents is 1. The maximum Gasteiger partial charge on any atom is 0.338 e. The van der Waals surface area contributed by atoms with Crippen LogP contribution in [0.5, 0.6) is 5.75 Å². The van der Waals surface area contributed by atoms with Gasteiger partial charge in [0.15, 0.2) is 5.75 Å². The van der Waals surface area contributed by atoms with E-state index in [0.717, 1.165) is 0 Å². The van der Waals surface area contributed by atoms with Gasteiger partial charge in [0.1, 0.15) is 11.4 Å². The van der Waals surface area contributed by atoms with E-state index in [4.69, 9.17) is 10.2 Å². The topological polar surface area (TPSA) is 101 Å². The predicted octanol–water partition coefficient (Wildman–Crippen LogP) is 1.14. The lowest BCUT2D eigenvalue weighted by Crippen LogP contribution is -2.02. The van der Waals surface area contributed by atoms with Crippen molar-refractivity contribution >= 4 is 11.7 Å². The monoisotopic (exact) mass is 201 g/mol. The fraction of sp³-hybridized carbons (Fsp3) is 0. The summed E-state index contributed by atoms with van der Waals surface area (Å²) in [5.41, 5.74) is -1.70. The molecule has 14 heavy (non-hydrogen) atoms. The van der Waals surface area contributed by atoms with Crippen LogP contribution in [0, 0.1) is 15.9 Å². The average Bonchev–Trinajstić information content (AvgIpc) is 2.02. The number of halogens is 1. The molecule has 0 amide bonds. The van der Waals surface area contributed by atoms with Gasteiger partial charge in [0.2, 0.25) is 0 Å². The number of carbonyl (C=O) groups is 1. The summed E-state index contributed by atoms with van der Waals surface area (Å²) in [5, 5.41) is 27.5. The molecule has 7 heteroatoms. The molecule has 0 aliphatic heterocycles. The van der Waals surface area contributed by atoms with E-state index in [-0.39, 0.29) is 0 Å². The van der Waals surface area contributed by atoms with E-state index in [0.29, 0.717) is 12.1 Å². The zero-order valence-corrected chi connectivity index (χ0v) is 6.60. The molecule has 6 nitrogen and oxygen atoms in total. The number of hydrogen-bond donors (Lipinski definition) is 2. The van der Waals surface area contributed by atoms with Crippen molar-refractivity contribution in [1.82, 2.24) is 0 Å². The minimum absolute atomic E-state index is 0.390. The molecule has 0 atom stereocenters. The van der Waals surface area contributed by atoms with Gasteiger partial charge in [-0.25, -0.2) is 9.18 Å². The molecule has 0 aromatic heterocycles. The van der Waals surface area contributed by atoms with Gasteiger partial charge < -0.3 is 10.2 Å². The van der Waals surface area contributed by atoms with E-state index in [1.165, 1.54) is 0 Å². The number of nitro groups is 1. The number of aromatic carboxylic acids is 1. The fourth-order valence-corrected chi connectivity index (χ4v) is 0.861. The maximum absolute atomic E-state index is 12.8. The number of carboxylic acids is 1. The van der Waals surface area contributed by atoms with Crippen LogP contribution in [0.3, 0.4) is 0 Å². The molecule has 74 valence electrons. The smallest absolute Gasteiger partial charge is 0.338 e. The Balaban J connectivity index is 3.42. The van der Waals surface area contributed by atoms with Crippen molar-refractivity contribution in [3.8, 4) is 5.75 Å². The van der Waals surface area contributed by atoms with Crippen molar-refractivity contribution in [2.24, 2.45) is 0 Å². The molecule has 1 rings (SSSR count).